The second kappa shape index (κ2) is 13.2. The van der Waals surface area contributed by atoms with Crippen LogP contribution in [-0.2, 0) is 9.59 Å². The minimum atomic E-state index is -0.395. The summed E-state index contributed by atoms with van der Waals surface area (Å²) < 4.78 is 0. The van der Waals surface area contributed by atoms with Crippen molar-refractivity contribution in [1.82, 2.24) is 0 Å². The summed E-state index contributed by atoms with van der Waals surface area (Å²) in [6.45, 7) is 13.5. The Hall–Kier alpha value is -3.46. The van der Waals surface area contributed by atoms with Gasteiger partial charge in [0.1, 0.15) is 6.29 Å². The topological polar surface area (TPSA) is 54.4 Å². The van der Waals surface area contributed by atoms with Gasteiger partial charge < -0.3 is 5.11 Å². The van der Waals surface area contributed by atoms with E-state index < -0.39 is 5.41 Å². The Morgan fingerprint density at radius 1 is 0.788 bits per heavy atom. The number of allylic oxidation sites excluding steroid dienone is 19. The molecule has 3 nitrogen and oxygen atoms in total. The summed E-state index contributed by atoms with van der Waals surface area (Å²) in [5, 5.41) is 9.82. The van der Waals surface area contributed by atoms with Gasteiger partial charge in [-0.25, -0.2) is 0 Å². The summed E-state index contributed by atoms with van der Waals surface area (Å²) >= 11 is 0. The highest BCUT2D eigenvalue weighted by Gasteiger charge is 2.30. The lowest BCUT2D eigenvalue weighted by atomic mass is 9.76. The van der Waals surface area contributed by atoms with Crippen molar-refractivity contribution in [2.75, 3.05) is 0 Å². The van der Waals surface area contributed by atoms with Crippen LogP contribution in [0.3, 0.4) is 0 Å². The number of carbonyl (C=O) groups excluding carboxylic acids is 2. The van der Waals surface area contributed by atoms with Gasteiger partial charge in [0.15, 0.2) is 5.76 Å². The molecule has 0 amide bonds. The average Bonchev–Trinajstić information content (AvgIpc) is 2.74. The number of Topliss-reactive ketones (excluding diaryl/α,β-unsaturated/α-hetero) is 1. The van der Waals surface area contributed by atoms with Crippen molar-refractivity contribution < 1.29 is 14.7 Å². The van der Waals surface area contributed by atoms with Crippen LogP contribution in [0.15, 0.2) is 118 Å². The largest absolute Gasteiger partial charge is 0.504 e. The zero-order valence-corrected chi connectivity index (χ0v) is 20.8. The van der Waals surface area contributed by atoms with Gasteiger partial charge in [-0.05, 0) is 51.8 Å². The Kier molecular flexibility index (Phi) is 11.0. The minimum Gasteiger partial charge on any atom is -0.504 e. The summed E-state index contributed by atoms with van der Waals surface area (Å²) in [5.41, 5.74) is 5.05. The van der Waals surface area contributed by atoms with Crippen LogP contribution in [0.4, 0.5) is 0 Å². The number of hydrogen-bond donors (Lipinski definition) is 1. The molecule has 1 aliphatic carbocycles. The molecule has 1 rings (SSSR count). The maximum Gasteiger partial charge on any atom is 0.222 e. The quantitative estimate of drug-likeness (QED) is 0.227. The highest BCUT2D eigenvalue weighted by atomic mass is 16.3. The van der Waals surface area contributed by atoms with Crippen LogP contribution in [0.25, 0.3) is 0 Å². The van der Waals surface area contributed by atoms with E-state index in [0.29, 0.717) is 11.1 Å². The highest BCUT2D eigenvalue weighted by molar-refractivity contribution is 6.08. The first-order valence-corrected chi connectivity index (χ1v) is 11.0. The molecule has 0 saturated heterocycles. The molecular formula is C30H36O3. The molecule has 33 heavy (non-hydrogen) atoms. The minimum absolute atomic E-state index is 0.176. The van der Waals surface area contributed by atoms with E-state index >= 15 is 0 Å². The fourth-order valence-electron chi connectivity index (χ4n) is 3.16. The standard InChI is InChI=1S/C30H36O3/c1-22(12-8-9-13-23(2)15-11-17-25(4)21-31)14-10-16-24(3)18-19-27-26(5)29(33)28(32)20-30(27,6)7/h8-21,32H,1-7H3/b9-8+,14-10+,15-11+,19-18+,22-12+,23-13+,24-16+,25-17+. The van der Waals surface area contributed by atoms with Crippen LogP contribution in [0.2, 0.25) is 0 Å². The lowest BCUT2D eigenvalue weighted by Gasteiger charge is -2.28. The van der Waals surface area contributed by atoms with Gasteiger partial charge in [0.25, 0.3) is 0 Å². The van der Waals surface area contributed by atoms with Gasteiger partial charge in [-0.1, -0.05) is 103 Å². The number of carbonyl (C=O) groups is 2. The van der Waals surface area contributed by atoms with Gasteiger partial charge in [-0.2, -0.15) is 0 Å². The molecule has 0 radical (unpaired) electrons. The third kappa shape index (κ3) is 9.69. The zero-order chi connectivity index (χ0) is 25.0. The average molecular weight is 445 g/mol. The number of ketones is 1. The Morgan fingerprint density at radius 3 is 1.76 bits per heavy atom. The number of aldehydes is 1. The van der Waals surface area contributed by atoms with Crippen molar-refractivity contribution in [3.63, 3.8) is 0 Å². The molecule has 0 bridgehead atoms. The molecule has 0 unspecified atom stereocenters. The zero-order valence-electron chi connectivity index (χ0n) is 20.8. The lowest BCUT2D eigenvalue weighted by molar-refractivity contribution is -0.115. The molecule has 0 aromatic carbocycles. The van der Waals surface area contributed by atoms with Crippen molar-refractivity contribution in [3.8, 4) is 0 Å². The molecule has 0 aromatic rings. The molecule has 0 spiro atoms. The first-order chi connectivity index (χ1) is 15.5. The molecular weight excluding hydrogens is 408 g/mol. The second-order valence-electron chi connectivity index (χ2n) is 8.82. The Bertz CT molecular complexity index is 1060. The molecule has 3 heteroatoms. The Balaban J connectivity index is 2.75. The number of aliphatic hydroxyl groups excluding tert-OH is 1. The molecule has 1 aliphatic rings. The van der Waals surface area contributed by atoms with E-state index in [1.54, 1.807) is 26.0 Å². The van der Waals surface area contributed by atoms with E-state index in [0.717, 1.165) is 28.6 Å². The van der Waals surface area contributed by atoms with E-state index in [4.69, 9.17) is 0 Å². The Morgan fingerprint density at radius 2 is 1.24 bits per heavy atom. The lowest BCUT2D eigenvalue weighted by Crippen LogP contribution is -2.23. The maximum atomic E-state index is 12.1. The molecule has 0 aliphatic heterocycles. The van der Waals surface area contributed by atoms with Gasteiger partial charge in [-0.3, -0.25) is 9.59 Å². The third-order valence-electron chi connectivity index (χ3n) is 5.13. The van der Waals surface area contributed by atoms with Crippen LogP contribution in [0.5, 0.6) is 0 Å². The monoisotopic (exact) mass is 444 g/mol. The third-order valence-corrected chi connectivity index (χ3v) is 5.13. The molecule has 174 valence electrons. The fourth-order valence-corrected chi connectivity index (χ4v) is 3.16. The highest BCUT2D eigenvalue weighted by Crippen LogP contribution is 2.37. The molecule has 0 heterocycles. The summed E-state index contributed by atoms with van der Waals surface area (Å²) in [7, 11) is 0. The summed E-state index contributed by atoms with van der Waals surface area (Å²) in [5.74, 6) is -0.486. The predicted octanol–water partition coefficient (Wildman–Crippen LogP) is 7.56. The molecule has 0 atom stereocenters. The van der Waals surface area contributed by atoms with Crippen LogP contribution in [-0.4, -0.2) is 17.2 Å². The van der Waals surface area contributed by atoms with Crippen LogP contribution in [0.1, 0.15) is 48.5 Å². The van der Waals surface area contributed by atoms with Crippen molar-refractivity contribution >= 4 is 12.1 Å². The SMILES string of the molecule is CC1=C(/C=C/C(C)=C/C=C/C(C)=C/C=C/C=C(C)/C=C/C=C(\C)C=O)C(C)(C)C=C(O)C1=O. The van der Waals surface area contributed by atoms with Gasteiger partial charge in [0, 0.05) is 11.0 Å². The fraction of sp³-hybridized carbons (Fsp3) is 0.267. The number of hydrogen-bond acceptors (Lipinski definition) is 3. The van der Waals surface area contributed by atoms with E-state index in [1.165, 1.54) is 0 Å². The number of rotatable bonds is 9. The molecule has 1 N–H and O–H groups in total. The maximum absolute atomic E-state index is 12.1. The van der Waals surface area contributed by atoms with Crippen LogP contribution < -0.4 is 0 Å². The van der Waals surface area contributed by atoms with Gasteiger partial charge in [0.2, 0.25) is 5.78 Å². The molecule has 0 saturated carbocycles. The summed E-state index contributed by atoms with van der Waals surface area (Å²) in [4.78, 5) is 22.6. The van der Waals surface area contributed by atoms with Crippen LogP contribution >= 0.6 is 0 Å². The van der Waals surface area contributed by atoms with Gasteiger partial charge >= 0.3 is 0 Å². The van der Waals surface area contributed by atoms with Gasteiger partial charge in [-0.15, -0.1) is 0 Å². The van der Waals surface area contributed by atoms with Crippen LogP contribution in [0, 0.1) is 5.41 Å². The summed E-state index contributed by atoms with van der Waals surface area (Å²) in [6, 6.07) is 0. The van der Waals surface area contributed by atoms with Crippen molar-refractivity contribution in [2.45, 2.75) is 48.5 Å². The van der Waals surface area contributed by atoms with E-state index in [9.17, 15) is 14.7 Å². The van der Waals surface area contributed by atoms with Gasteiger partial charge in [0.05, 0.1) is 0 Å². The van der Waals surface area contributed by atoms with E-state index in [1.807, 2.05) is 101 Å². The number of aliphatic hydroxyl groups is 1. The van der Waals surface area contributed by atoms with E-state index in [2.05, 4.69) is 0 Å². The van der Waals surface area contributed by atoms with E-state index in [-0.39, 0.29) is 11.5 Å². The van der Waals surface area contributed by atoms with Crippen molar-refractivity contribution in [3.05, 3.63) is 118 Å². The first-order valence-electron chi connectivity index (χ1n) is 11.0. The van der Waals surface area contributed by atoms with Crippen molar-refractivity contribution in [2.24, 2.45) is 5.41 Å². The normalized spacial score (nSPS) is 19.0. The first kappa shape index (κ1) is 27.6. The predicted molar refractivity (Wildman–Crippen MR) is 140 cm³/mol. The summed E-state index contributed by atoms with van der Waals surface area (Å²) in [6.07, 6.45) is 26.0. The second-order valence-corrected chi connectivity index (χ2v) is 8.82. The Labute approximate surface area is 199 Å². The molecule has 0 fully saturated rings. The molecule has 0 aromatic heterocycles. The van der Waals surface area contributed by atoms with Crippen molar-refractivity contribution in [1.29, 1.82) is 0 Å². The smallest absolute Gasteiger partial charge is 0.222 e.